The number of piperidine rings is 1. The third-order valence-electron chi connectivity index (χ3n) is 3.59. The van der Waals surface area contributed by atoms with Crippen molar-refractivity contribution < 1.29 is 18.3 Å². The molecule has 7 nitrogen and oxygen atoms in total. The minimum atomic E-state index is -3.69. The Hall–Kier alpha value is -1.80. The Labute approximate surface area is 123 Å². The molecule has 1 unspecified atom stereocenters. The van der Waals surface area contributed by atoms with Crippen molar-refractivity contribution in [3.8, 4) is 0 Å². The number of nitrogens with one attached hydrogen (secondary N) is 1. The second-order valence-electron chi connectivity index (χ2n) is 5.17. The monoisotopic (exact) mass is 313 g/mol. The van der Waals surface area contributed by atoms with E-state index in [2.05, 4.69) is 4.72 Å². The van der Waals surface area contributed by atoms with Gasteiger partial charge in [-0.2, -0.15) is 12.7 Å². The molecule has 8 heteroatoms. The van der Waals surface area contributed by atoms with Gasteiger partial charge < -0.3 is 10.8 Å². The molecule has 0 bridgehead atoms. The van der Waals surface area contributed by atoms with Crippen LogP contribution in [0.25, 0.3) is 0 Å². The Kier molecular flexibility index (Phi) is 4.38. The summed E-state index contributed by atoms with van der Waals surface area (Å²) in [7, 11) is -3.69. The molecule has 1 aromatic rings. The number of carboxylic acid groups (broad SMARTS) is 1. The molecule has 1 aromatic carbocycles. The van der Waals surface area contributed by atoms with Crippen LogP contribution in [-0.4, -0.2) is 36.4 Å². The standard InChI is InChI=1S/C13H19N3O4S/c1-9-4-2-3-7-16(9)21(19,20)15-12-6-5-10(13(17)18)8-11(12)14/h5-6,8-9,15H,2-4,7,14H2,1H3,(H,17,18). The van der Waals surface area contributed by atoms with E-state index >= 15 is 0 Å². The highest BCUT2D eigenvalue weighted by Gasteiger charge is 2.29. The van der Waals surface area contributed by atoms with Gasteiger partial charge >= 0.3 is 16.2 Å². The van der Waals surface area contributed by atoms with E-state index in [0.29, 0.717) is 6.54 Å². The van der Waals surface area contributed by atoms with Crippen molar-refractivity contribution in [2.75, 3.05) is 17.0 Å². The van der Waals surface area contributed by atoms with Gasteiger partial charge in [0, 0.05) is 12.6 Å². The summed E-state index contributed by atoms with van der Waals surface area (Å²) in [5.41, 5.74) is 6.02. The molecule has 21 heavy (non-hydrogen) atoms. The molecule has 0 saturated carbocycles. The first-order valence-corrected chi connectivity index (χ1v) is 8.17. The maximum atomic E-state index is 12.4. The summed E-state index contributed by atoms with van der Waals surface area (Å²) in [6.07, 6.45) is 2.68. The van der Waals surface area contributed by atoms with Crippen LogP contribution in [0.15, 0.2) is 18.2 Å². The Bertz CT molecular complexity index is 645. The summed E-state index contributed by atoms with van der Waals surface area (Å²) in [5, 5.41) is 8.87. The van der Waals surface area contributed by atoms with Crippen LogP contribution in [0.3, 0.4) is 0 Å². The third kappa shape index (κ3) is 3.45. The smallest absolute Gasteiger partial charge is 0.335 e. The molecule has 4 N–H and O–H groups in total. The average molecular weight is 313 g/mol. The van der Waals surface area contributed by atoms with E-state index < -0.39 is 16.2 Å². The Balaban J connectivity index is 2.22. The molecule has 1 aliphatic heterocycles. The van der Waals surface area contributed by atoms with Crippen molar-refractivity contribution in [3.05, 3.63) is 23.8 Å². The molecule has 1 heterocycles. The van der Waals surface area contributed by atoms with Crippen LogP contribution in [0.1, 0.15) is 36.5 Å². The number of rotatable bonds is 4. The summed E-state index contributed by atoms with van der Waals surface area (Å²) >= 11 is 0. The van der Waals surface area contributed by atoms with Gasteiger partial charge in [-0.15, -0.1) is 0 Å². The summed E-state index contributed by atoms with van der Waals surface area (Å²) in [6.45, 7) is 2.35. The largest absolute Gasteiger partial charge is 0.478 e. The van der Waals surface area contributed by atoms with Gasteiger partial charge in [0.05, 0.1) is 16.9 Å². The molecule has 2 rings (SSSR count). The molecule has 0 radical (unpaired) electrons. The molecule has 1 fully saturated rings. The maximum absolute atomic E-state index is 12.4. The number of hydrogen-bond donors (Lipinski definition) is 3. The van der Waals surface area contributed by atoms with Gasteiger partial charge in [-0.05, 0) is 38.0 Å². The fraction of sp³-hybridized carbons (Fsp3) is 0.462. The van der Waals surface area contributed by atoms with Crippen molar-refractivity contribution in [2.24, 2.45) is 0 Å². The highest BCUT2D eigenvalue weighted by atomic mass is 32.2. The lowest BCUT2D eigenvalue weighted by molar-refractivity contribution is 0.0697. The molecule has 1 aliphatic rings. The Morgan fingerprint density at radius 1 is 1.43 bits per heavy atom. The first-order valence-electron chi connectivity index (χ1n) is 6.73. The molecule has 0 aromatic heterocycles. The number of anilines is 2. The van der Waals surface area contributed by atoms with Gasteiger partial charge in [-0.1, -0.05) is 6.42 Å². The second kappa shape index (κ2) is 5.90. The number of benzene rings is 1. The van der Waals surface area contributed by atoms with Crippen LogP contribution in [0.2, 0.25) is 0 Å². The zero-order chi connectivity index (χ0) is 15.6. The van der Waals surface area contributed by atoms with E-state index in [0.717, 1.165) is 19.3 Å². The maximum Gasteiger partial charge on any atom is 0.335 e. The van der Waals surface area contributed by atoms with Crippen LogP contribution in [0.4, 0.5) is 11.4 Å². The molecule has 116 valence electrons. The zero-order valence-corrected chi connectivity index (χ0v) is 12.6. The zero-order valence-electron chi connectivity index (χ0n) is 11.7. The van der Waals surface area contributed by atoms with E-state index in [4.69, 9.17) is 10.8 Å². The van der Waals surface area contributed by atoms with Gasteiger partial charge in [0.1, 0.15) is 0 Å². The van der Waals surface area contributed by atoms with Crippen molar-refractivity contribution in [2.45, 2.75) is 32.2 Å². The SMILES string of the molecule is CC1CCCCN1S(=O)(=O)Nc1ccc(C(=O)O)cc1N. The number of nitrogens with zero attached hydrogens (tertiary/aromatic N) is 1. The fourth-order valence-corrected chi connectivity index (χ4v) is 3.94. The van der Waals surface area contributed by atoms with E-state index in [1.165, 1.54) is 22.5 Å². The lowest BCUT2D eigenvalue weighted by Gasteiger charge is -2.32. The fourth-order valence-electron chi connectivity index (χ4n) is 2.42. The van der Waals surface area contributed by atoms with Crippen molar-refractivity contribution >= 4 is 27.6 Å². The number of carboxylic acids is 1. The summed E-state index contributed by atoms with van der Waals surface area (Å²) in [4.78, 5) is 10.8. The predicted molar refractivity (Wildman–Crippen MR) is 80.4 cm³/mol. The molecule has 1 saturated heterocycles. The van der Waals surface area contributed by atoms with Crippen LogP contribution in [-0.2, 0) is 10.2 Å². The van der Waals surface area contributed by atoms with E-state index in [9.17, 15) is 13.2 Å². The second-order valence-corrected chi connectivity index (χ2v) is 6.79. The predicted octanol–water partition coefficient (Wildman–Crippen LogP) is 1.50. The molecule has 0 spiro atoms. The van der Waals surface area contributed by atoms with Gasteiger partial charge in [0.15, 0.2) is 0 Å². The van der Waals surface area contributed by atoms with E-state index in [1.54, 1.807) is 0 Å². The van der Waals surface area contributed by atoms with Crippen molar-refractivity contribution in [1.82, 2.24) is 4.31 Å². The van der Waals surface area contributed by atoms with Crippen molar-refractivity contribution in [1.29, 1.82) is 0 Å². The van der Waals surface area contributed by atoms with E-state index in [1.807, 2.05) is 6.92 Å². The minimum Gasteiger partial charge on any atom is -0.478 e. The normalized spacial score (nSPS) is 20.1. The Morgan fingerprint density at radius 2 is 2.14 bits per heavy atom. The minimum absolute atomic E-state index is 0.0155. The van der Waals surface area contributed by atoms with Crippen LogP contribution in [0.5, 0.6) is 0 Å². The van der Waals surface area contributed by atoms with Crippen LogP contribution >= 0.6 is 0 Å². The van der Waals surface area contributed by atoms with Crippen LogP contribution in [0, 0.1) is 0 Å². The van der Waals surface area contributed by atoms with Crippen LogP contribution < -0.4 is 10.5 Å². The quantitative estimate of drug-likeness (QED) is 0.729. The number of carbonyl (C=O) groups is 1. The lowest BCUT2D eigenvalue weighted by Crippen LogP contribution is -2.44. The van der Waals surface area contributed by atoms with Gasteiger partial charge in [0.2, 0.25) is 0 Å². The third-order valence-corrected chi connectivity index (χ3v) is 5.23. The molecule has 0 aliphatic carbocycles. The number of nitrogen functional groups attached to an aromatic ring is 1. The summed E-state index contributed by atoms with van der Waals surface area (Å²) in [5.74, 6) is -1.11. The molecular weight excluding hydrogens is 294 g/mol. The topological polar surface area (TPSA) is 113 Å². The number of nitrogens with two attached hydrogens (primary N) is 1. The lowest BCUT2D eigenvalue weighted by atomic mass is 10.1. The van der Waals surface area contributed by atoms with Gasteiger partial charge in [-0.3, -0.25) is 4.72 Å². The highest BCUT2D eigenvalue weighted by Crippen LogP contribution is 2.25. The Morgan fingerprint density at radius 3 is 2.71 bits per heavy atom. The first-order chi connectivity index (χ1) is 9.81. The number of hydrogen-bond acceptors (Lipinski definition) is 4. The summed E-state index contributed by atoms with van der Waals surface area (Å²) in [6, 6.07) is 3.86. The van der Waals surface area contributed by atoms with E-state index in [-0.39, 0.29) is 23.0 Å². The number of aromatic carboxylic acids is 1. The molecular formula is C13H19N3O4S. The van der Waals surface area contributed by atoms with Gasteiger partial charge in [0.25, 0.3) is 0 Å². The first kappa shape index (κ1) is 15.6. The summed E-state index contributed by atoms with van der Waals surface area (Å²) < 4.78 is 28.6. The van der Waals surface area contributed by atoms with Gasteiger partial charge in [-0.25, -0.2) is 4.79 Å². The average Bonchev–Trinajstić information content (AvgIpc) is 2.41. The molecule has 1 atom stereocenters. The molecule has 0 amide bonds. The van der Waals surface area contributed by atoms with Crippen molar-refractivity contribution in [3.63, 3.8) is 0 Å². The highest BCUT2D eigenvalue weighted by molar-refractivity contribution is 7.90.